The number of ketones is 1. The van der Waals surface area contributed by atoms with E-state index in [0.717, 1.165) is 118 Å². The number of hydrogen-bond donors (Lipinski definition) is 6. The largest absolute Gasteiger partial charge is 0.507 e. The lowest BCUT2D eigenvalue weighted by Crippen LogP contribution is -2.38. The molecule has 0 spiro atoms. The number of nitriles is 1. The number of nitro groups is 2. The molecule has 0 atom stereocenters. The van der Waals surface area contributed by atoms with Crippen LogP contribution in [0.2, 0.25) is 0 Å². The van der Waals surface area contributed by atoms with E-state index in [4.69, 9.17) is 87.3 Å². The van der Waals surface area contributed by atoms with Crippen LogP contribution < -0.4 is 27.1 Å². The van der Waals surface area contributed by atoms with Crippen molar-refractivity contribution >= 4 is 133 Å². The number of ether oxygens (including phenoxy) is 4. The fraction of sp³-hybridized carbons (Fsp3) is 0.397. The number of non-ortho nitro benzene ring substituents is 2. The summed E-state index contributed by atoms with van der Waals surface area (Å²) >= 11 is 22.3. The molecule has 2 saturated heterocycles. The van der Waals surface area contributed by atoms with Crippen molar-refractivity contribution in [3.8, 4) is 28.9 Å². The number of benzene rings is 7. The van der Waals surface area contributed by atoms with Crippen molar-refractivity contribution in [3.05, 3.63) is 206 Å². The lowest BCUT2D eigenvalue weighted by Gasteiger charge is -2.26. The molecule has 2 aliphatic heterocycles. The summed E-state index contributed by atoms with van der Waals surface area (Å²) in [6.45, 7) is 33.3. The lowest BCUT2D eigenvalue weighted by molar-refractivity contribution is -0.383. The number of morpholine rings is 2. The number of halogens is 6. The predicted molar refractivity (Wildman–Crippen MR) is 444 cm³/mol. The molecule has 25 nitrogen and oxygen atoms in total. The van der Waals surface area contributed by atoms with E-state index in [9.17, 15) is 34.9 Å². The topological polar surface area (TPSA) is 340 Å². The van der Waals surface area contributed by atoms with Gasteiger partial charge in [0.2, 0.25) is 3.79 Å². The number of aromatic hydroxyl groups is 1. The van der Waals surface area contributed by atoms with Crippen molar-refractivity contribution in [1.29, 1.82) is 5.26 Å². The number of nitrogens with zero attached hydrogens (tertiary/aromatic N) is 9. The van der Waals surface area contributed by atoms with Gasteiger partial charge in [-0.25, -0.2) is 14.2 Å². The lowest BCUT2D eigenvalue weighted by atomic mass is 9.89. The number of carbonyl (C=O) groups is 2. The third kappa shape index (κ3) is 33.7. The van der Waals surface area contributed by atoms with E-state index in [2.05, 4.69) is 70.6 Å². The number of anilines is 3. The second-order valence-corrected chi connectivity index (χ2v) is 30.3. The highest BCUT2D eigenvalue weighted by Gasteiger charge is 2.26. The summed E-state index contributed by atoms with van der Waals surface area (Å²) in [5, 5.41) is 60.5. The molecule has 0 bridgehead atoms. The molecule has 2 fully saturated rings. The monoisotopic (exact) mass is 1620 g/mol. The number of phenolic OH excluding ortho intramolecular Hbond substituents is 1. The molecule has 109 heavy (non-hydrogen) atoms. The first-order valence-electron chi connectivity index (χ1n) is 34.3. The number of nitrogens with two attached hydrogens (primary N) is 2. The first-order valence-corrected chi connectivity index (χ1v) is 36.0. The highest BCUT2D eigenvalue weighted by atomic mass is 35.6. The number of aliphatic hydroxyl groups is 1. The number of nitro benzene ring substituents is 2. The Morgan fingerprint density at radius 3 is 1.47 bits per heavy atom. The van der Waals surface area contributed by atoms with Crippen LogP contribution in [0, 0.1) is 57.7 Å². The van der Waals surface area contributed by atoms with Gasteiger partial charge in [-0.05, 0) is 81.4 Å². The number of amides is 1. The second kappa shape index (κ2) is 47.5. The van der Waals surface area contributed by atoms with Crippen LogP contribution in [0.25, 0.3) is 32.9 Å². The standard InChI is InChI=1S/C17H20Cl3N3O2.C16H18N2O4.C14H19N3.C10H7NO3.C7H10N2.C7H11NO.C6H12ClNO.CH4O.2ClH/c1-11-5-7-12(8-6-11)23-14(9-13(22-23)16(2,3)4)21-15(24)25-10-17(18,19)20;19-18(20)15-5-6-16(14-4-2-1-3-13(14)15)22-12-9-17-7-10-21-11-8-17;1-10-5-7-11(8-6-10)17-13(15)9-12(16-17)14(2,3)4;12-10-6-5-9(11(13)14)7-3-1-2-4-8(7)10;1-6-2-4-7(9-8)5-3-6;1-7(2,3)6(9)4-5-8;7-1-2-8-3-5-9-6-4-8;1-2;;/h5-9H,10H2,1-4H3,(H,21,24);1-6H,7-12H2;5-9H,15H2,1-4H3;1-6,12H;2-5,9H,8H2,1H3;4H2,1-3H3;1-6H2;2H,1H3;2*1H. The van der Waals surface area contributed by atoms with Crippen molar-refractivity contribution in [1.82, 2.24) is 29.4 Å². The van der Waals surface area contributed by atoms with E-state index in [1.807, 2.05) is 140 Å². The van der Waals surface area contributed by atoms with E-state index in [0.29, 0.717) is 40.2 Å². The van der Waals surface area contributed by atoms with Gasteiger partial charge < -0.3 is 40.3 Å². The second-order valence-electron chi connectivity index (χ2n) is 27.4. The van der Waals surface area contributed by atoms with Crippen LogP contribution >= 0.6 is 71.2 Å². The van der Waals surface area contributed by atoms with Gasteiger partial charge in [0, 0.05) is 109 Å². The molecular weight excluding hydrogens is 1520 g/mol. The molecule has 2 aromatic heterocycles. The van der Waals surface area contributed by atoms with Crippen molar-refractivity contribution in [2.24, 2.45) is 11.3 Å². The molecule has 2 aliphatic rings. The highest BCUT2D eigenvalue weighted by Crippen LogP contribution is 2.35. The summed E-state index contributed by atoms with van der Waals surface area (Å²) in [6.07, 6.45) is -0.691. The number of carbonyl (C=O) groups excluding carboxylic acids is 2. The maximum atomic E-state index is 12.0. The molecule has 0 radical (unpaired) electrons. The van der Waals surface area contributed by atoms with E-state index < -0.39 is 14.8 Å². The quantitative estimate of drug-likeness (QED) is 0.0255. The van der Waals surface area contributed by atoms with Gasteiger partial charge in [0.15, 0.2) is 5.78 Å². The summed E-state index contributed by atoms with van der Waals surface area (Å²) in [6, 6.07) is 49.2. The average molecular weight is 1630 g/mol. The number of aromatic nitrogens is 4. The molecule has 8 N–H and O–H groups in total. The van der Waals surface area contributed by atoms with Gasteiger partial charge in [0.25, 0.3) is 11.4 Å². The Labute approximate surface area is 671 Å². The van der Waals surface area contributed by atoms with E-state index in [1.54, 1.807) is 57.9 Å². The first-order chi connectivity index (χ1) is 50.5. The zero-order chi connectivity index (χ0) is 79.7. The maximum Gasteiger partial charge on any atom is 0.412 e. The number of nitrogen functional groups attached to an aromatic ring is 2. The number of fused-ring (bicyclic) bond motifs is 2. The number of rotatable bonds is 14. The minimum absolute atomic E-state index is 0. The van der Waals surface area contributed by atoms with Crippen molar-refractivity contribution in [2.45, 2.75) is 104 Å². The minimum atomic E-state index is -1.66. The molecule has 0 unspecified atom stereocenters. The van der Waals surface area contributed by atoms with E-state index in [1.165, 1.54) is 29.3 Å². The maximum absolute atomic E-state index is 12.0. The Kier molecular flexibility index (Phi) is 42.0. The fourth-order valence-electron chi connectivity index (χ4n) is 9.67. The van der Waals surface area contributed by atoms with Crippen LogP contribution in [0.1, 0.15) is 96.8 Å². The molecule has 0 aliphatic carbocycles. The van der Waals surface area contributed by atoms with Crippen molar-refractivity contribution in [2.75, 3.05) is 108 Å². The van der Waals surface area contributed by atoms with Gasteiger partial charge in [-0.1, -0.05) is 187 Å². The number of Topliss-reactive ketones (excluding diaryl/α,β-unsaturated/α-hetero) is 1. The fourth-order valence-corrected chi connectivity index (χ4v) is 10.1. The van der Waals surface area contributed by atoms with E-state index >= 15 is 0 Å². The Morgan fingerprint density at radius 2 is 1.05 bits per heavy atom. The van der Waals surface area contributed by atoms with Crippen LogP contribution in [0.5, 0.6) is 11.5 Å². The first kappa shape index (κ1) is 96.5. The van der Waals surface area contributed by atoms with Crippen molar-refractivity contribution < 1.29 is 48.6 Å². The molecule has 594 valence electrons. The molecule has 11 rings (SSSR count). The molecule has 31 heteroatoms. The number of aliphatic hydroxyl groups excluding tert-OH is 1. The van der Waals surface area contributed by atoms with Gasteiger partial charge in [-0.2, -0.15) is 15.5 Å². The van der Waals surface area contributed by atoms with Gasteiger partial charge in [-0.3, -0.25) is 46.0 Å². The third-order valence-electron chi connectivity index (χ3n) is 15.8. The number of alkyl halides is 4. The van der Waals surface area contributed by atoms with Crippen LogP contribution in [-0.2, 0) is 29.8 Å². The number of hydrogen-bond acceptors (Lipinski definition) is 20. The third-order valence-corrected chi connectivity index (χ3v) is 16.3. The van der Waals surface area contributed by atoms with E-state index in [-0.39, 0.29) is 81.9 Å². The van der Waals surface area contributed by atoms with Crippen molar-refractivity contribution in [3.63, 3.8) is 0 Å². The van der Waals surface area contributed by atoms with Gasteiger partial charge >= 0.3 is 6.09 Å². The van der Waals surface area contributed by atoms with Gasteiger partial charge in [0.1, 0.15) is 36.3 Å². The predicted octanol–water partition coefficient (Wildman–Crippen LogP) is 17.2. The molecule has 1 amide bonds. The molecule has 9 aromatic rings. The number of phenols is 1. The zero-order valence-electron chi connectivity index (χ0n) is 63.9. The normalized spacial score (nSPS) is 12.6. The Hall–Kier alpha value is -8.59. The Bertz CT molecular complexity index is 4280. The number of aryl methyl sites for hydroxylation is 3. The smallest absolute Gasteiger partial charge is 0.412 e. The Morgan fingerprint density at radius 1 is 0.624 bits per heavy atom. The molecular formula is C78H103Cl6N13O12. The summed E-state index contributed by atoms with van der Waals surface area (Å²) in [5.74, 6) is 7.80. The van der Waals surface area contributed by atoms with Crippen LogP contribution in [0.3, 0.4) is 0 Å². The minimum Gasteiger partial charge on any atom is -0.507 e. The van der Waals surface area contributed by atoms with Gasteiger partial charge in [0.05, 0.1) is 82.3 Å². The molecule has 7 aromatic carbocycles. The summed E-state index contributed by atoms with van der Waals surface area (Å²) < 4.78 is 23.0. The Balaban J connectivity index is 0.000000443. The summed E-state index contributed by atoms with van der Waals surface area (Å²) in [7, 11) is 1.00. The van der Waals surface area contributed by atoms with Crippen LogP contribution in [0.15, 0.2) is 158 Å². The van der Waals surface area contributed by atoms with Gasteiger partial charge in [-0.15, -0.1) is 36.4 Å². The number of hydrazine groups is 1. The van der Waals surface area contributed by atoms with Crippen LogP contribution in [0.4, 0.5) is 33.5 Å². The molecule has 0 saturated carbocycles. The molecule has 4 heterocycles. The summed E-state index contributed by atoms with van der Waals surface area (Å²) in [4.78, 5) is 48.4. The number of nitrogens with one attached hydrogen (secondary N) is 2. The summed E-state index contributed by atoms with van der Waals surface area (Å²) in [5.41, 5.74) is 16.4. The van der Waals surface area contributed by atoms with Crippen LogP contribution in [-0.4, -0.2) is 157 Å². The zero-order valence-corrected chi connectivity index (χ0v) is 68.6. The average Bonchev–Trinajstić information content (AvgIpc) is 1.75. The highest BCUT2D eigenvalue weighted by molar-refractivity contribution is 6.67. The SMILES string of the molecule is CC(C)(C)C(=O)CC#N.CO.Cc1ccc(-n2nc(C(C)(C)C)cc2N)cc1.Cc1ccc(-n2nc(C(C)(C)C)cc2NC(=O)OCC(Cl)(Cl)Cl)cc1.Cc1ccc(NN)cc1.Cl.Cl.ClCCN1CCOCC1.O=[N+]([O-])c1ccc(O)c2ccccc12.O=[N+]([O-])c1ccc(OCCN2CCOCC2)c2ccccc12.